The first-order valence-corrected chi connectivity index (χ1v) is 5.55. The second-order valence-electron chi connectivity index (χ2n) is 5.19. The zero-order valence-corrected chi connectivity index (χ0v) is 10.7. The van der Waals surface area contributed by atoms with Gasteiger partial charge in [-0.1, -0.05) is 26.8 Å². The number of aliphatic hydroxyl groups excluding tert-OH is 1. The Hall–Kier alpha value is -1.13. The van der Waals surface area contributed by atoms with E-state index in [0.29, 0.717) is 5.75 Å². The van der Waals surface area contributed by atoms with Gasteiger partial charge in [-0.2, -0.15) is 0 Å². The highest BCUT2D eigenvalue weighted by molar-refractivity contribution is 5.37. The second kappa shape index (κ2) is 5.02. The average molecular weight is 241 g/mol. The number of hydrogen-bond donors (Lipinski definition) is 2. The van der Waals surface area contributed by atoms with E-state index in [9.17, 15) is 9.50 Å². The molecule has 0 unspecified atom stereocenters. The predicted molar refractivity (Wildman–Crippen MR) is 65.3 cm³/mol. The Morgan fingerprint density at radius 1 is 1.35 bits per heavy atom. The summed E-state index contributed by atoms with van der Waals surface area (Å²) in [6.45, 7) is 5.56. The molecular weight excluding hydrogens is 221 g/mol. The van der Waals surface area contributed by atoms with E-state index < -0.39 is 23.4 Å². The van der Waals surface area contributed by atoms with Gasteiger partial charge >= 0.3 is 0 Å². The molecule has 0 bridgehead atoms. The molecule has 4 heteroatoms. The fourth-order valence-corrected chi connectivity index (χ4v) is 1.72. The number of nitrogens with two attached hydrogens (primary N) is 1. The third-order valence-electron chi connectivity index (χ3n) is 2.79. The number of hydrogen-bond acceptors (Lipinski definition) is 3. The lowest BCUT2D eigenvalue weighted by molar-refractivity contribution is 0.0384. The Morgan fingerprint density at radius 3 is 2.41 bits per heavy atom. The van der Waals surface area contributed by atoms with Crippen molar-refractivity contribution in [3.63, 3.8) is 0 Å². The molecule has 0 radical (unpaired) electrons. The van der Waals surface area contributed by atoms with E-state index in [1.54, 1.807) is 12.1 Å². The van der Waals surface area contributed by atoms with Crippen molar-refractivity contribution in [3.05, 3.63) is 29.6 Å². The van der Waals surface area contributed by atoms with Crippen LogP contribution in [0.5, 0.6) is 5.75 Å². The van der Waals surface area contributed by atoms with Crippen LogP contribution in [0.15, 0.2) is 18.2 Å². The maximum atomic E-state index is 13.8. The van der Waals surface area contributed by atoms with Gasteiger partial charge < -0.3 is 15.6 Å². The lowest BCUT2D eigenvalue weighted by Crippen LogP contribution is -2.37. The summed E-state index contributed by atoms with van der Waals surface area (Å²) in [5, 5.41) is 10.1. The number of rotatable bonds is 3. The van der Waals surface area contributed by atoms with Crippen LogP contribution in [0.25, 0.3) is 0 Å². The Bertz CT molecular complexity index is 387. The molecular formula is C13H20FNO2. The highest BCUT2D eigenvalue weighted by Crippen LogP contribution is 2.34. The molecule has 3 N–H and O–H groups in total. The van der Waals surface area contributed by atoms with Gasteiger partial charge in [-0.3, -0.25) is 0 Å². The van der Waals surface area contributed by atoms with Crippen LogP contribution in [-0.4, -0.2) is 18.3 Å². The molecule has 0 aliphatic rings. The normalized spacial score (nSPS) is 15.5. The first-order valence-electron chi connectivity index (χ1n) is 5.55. The standard InChI is InChI=1S/C13H20FNO2/c1-13(2,3)12(16)11(15)10-8(14)6-5-7-9(10)17-4/h5-7,11-12,16H,15H2,1-4H3/t11-,12-/m0/s1. The molecule has 96 valence electrons. The Kier molecular flexibility index (Phi) is 4.11. The van der Waals surface area contributed by atoms with Gasteiger partial charge in [0.25, 0.3) is 0 Å². The Labute approximate surface area is 101 Å². The number of ether oxygens (including phenoxy) is 1. The maximum Gasteiger partial charge on any atom is 0.131 e. The van der Waals surface area contributed by atoms with Crippen LogP contribution >= 0.6 is 0 Å². The van der Waals surface area contributed by atoms with Gasteiger partial charge in [-0.15, -0.1) is 0 Å². The van der Waals surface area contributed by atoms with Gasteiger partial charge in [0.05, 0.1) is 19.3 Å². The van der Waals surface area contributed by atoms with Crippen molar-refractivity contribution < 1.29 is 14.2 Å². The van der Waals surface area contributed by atoms with E-state index in [1.165, 1.54) is 13.2 Å². The van der Waals surface area contributed by atoms with E-state index >= 15 is 0 Å². The van der Waals surface area contributed by atoms with Crippen molar-refractivity contribution in [2.24, 2.45) is 11.1 Å². The lowest BCUT2D eigenvalue weighted by Gasteiger charge is -2.31. The summed E-state index contributed by atoms with van der Waals surface area (Å²) in [7, 11) is 1.45. The largest absolute Gasteiger partial charge is 0.496 e. The van der Waals surface area contributed by atoms with Crippen molar-refractivity contribution >= 4 is 0 Å². The molecule has 2 atom stereocenters. The first-order chi connectivity index (χ1) is 7.79. The van der Waals surface area contributed by atoms with Gasteiger partial charge in [0, 0.05) is 5.56 Å². The topological polar surface area (TPSA) is 55.5 Å². The van der Waals surface area contributed by atoms with Crippen molar-refractivity contribution in [2.75, 3.05) is 7.11 Å². The summed E-state index contributed by atoms with van der Waals surface area (Å²) in [6, 6.07) is 3.68. The summed E-state index contributed by atoms with van der Waals surface area (Å²) >= 11 is 0. The molecule has 0 spiro atoms. The second-order valence-corrected chi connectivity index (χ2v) is 5.19. The zero-order valence-electron chi connectivity index (χ0n) is 10.7. The maximum absolute atomic E-state index is 13.8. The van der Waals surface area contributed by atoms with Crippen LogP contribution in [0.3, 0.4) is 0 Å². The van der Waals surface area contributed by atoms with Crippen LogP contribution in [0.1, 0.15) is 32.4 Å². The summed E-state index contributed by atoms with van der Waals surface area (Å²) in [5.74, 6) is -0.0963. The first kappa shape index (κ1) is 13.9. The molecule has 0 saturated heterocycles. The third-order valence-corrected chi connectivity index (χ3v) is 2.79. The Morgan fingerprint density at radius 2 is 1.94 bits per heavy atom. The quantitative estimate of drug-likeness (QED) is 0.853. The van der Waals surface area contributed by atoms with Crippen molar-refractivity contribution in [1.29, 1.82) is 0 Å². The summed E-state index contributed by atoms with van der Waals surface area (Å²) < 4.78 is 18.8. The minimum atomic E-state index is -0.853. The third kappa shape index (κ3) is 2.96. The molecule has 1 aromatic rings. The van der Waals surface area contributed by atoms with Crippen molar-refractivity contribution in [2.45, 2.75) is 32.9 Å². The smallest absolute Gasteiger partial charge is 0.131 e. The molecule has 1 rings (SSSR count). The lowest BCUT2D eigenvalue weighted by atomic mass is 9.82. The molecule has 0 amide bonds. The fourth-order valence-electron chi connectivity index (χ4n) is 1.72. The van der Waals surface area contributed by atoms with E-state index in [-0.39, 0.29) is 5.56 Å². The fraction of sp³-hybridized carbons (Fsp3) is 0.538. The van der Waals surface area contributed by atoms with Gasteiger partial charge in [-0.25, -0.2) is 4.39 Å². The summed E-state index contributed by atoms with van der Waals surface area (Å²) in [4.78, 5) is 0. The monoisotopic (exact) mass is 241 g/mol. The predicted octanol–water partition coefficient (Wildman–Crippen LogP) is 2.24. The molecule has 3 nitrogen and oxygen atoms in total. The van der Waals surface area contributed by atoms with Crippen LogP contribution in [0.2, 0.25) is 0 Å². The molecule has 0 aliphatic carbocycles. The van der Waals surface area contributed by atoms with Crippen molar-refractivity contribution in [3.8, 4) is 5.75 Å². The Balaban J connectivity index is 3.16. The molecule has 1 aromatic carbocycles. The van der Waals surface area contributed by atoms with Crippen LogP contribution < -0.4 is 10.5 Å². The SMILES string of the molecule is COc1cccc(F)c1[C@H](N)[C@H](O)C(C)(C)C. The van der Waals surface area contributed by atoms with Gasteiger partial charge in [-0.05, 0) is 17.5 Å². The van der Waals surface area contributed by atoms with Gasteiger partial charge in [0.1, 0.15) is 11.6 Å². The highest BCUT2D eigenvalue weighted by atomic mass is 19.1. The minimum absolute atomic E-state index is 0.220. The number of aliphatic hydroxyl groups is 1. The molecule has 0 aliphatic heterocycles. The molecule has 17 heavy (non-hydrogen) atoms. The van der Waals surface area contributed by atoms with E-state index in [0.717, 1.165) is 0 Å². The molecule has 0 heterocycles. The highest BCUT2D eigenvalue weighted by Gasteiger charge is 2.32. The van der Waals surface area contributed by atoms with Gasteiger partial charge in [0.2, 0.25) is 0 Å². The molecule has 0 fully saturated rings. The average Bonchev–Trinajstić information content (AvgIpc) is 2.25. The van der Waals surface area contributed by atoms with E-state index in [4.69, 9.17) is 10.5 Å². The number of benzene rings is 1. The summed E-state index contributed by atoms with van der Waals surface area (Å²) in [5.41, 5.74) is 5.73. The van der Waals surface area contributed by atoms with Crippen molar-refractivity contribution in [1.82, 2.24) is 0 Å². The number of halogens is 1. The summed E-state index contributed by atoms with van der Waals surface area (Å²) in [6.07, 6.45) is -0.853. The van der Waals surface area contributed by atoms with Crippen LogP contribution in [0.4, 0.5) is 4.39 Å². The molecule has 0 saturated carbocycles. The van der Waals surface area contributed by atoms with Crippen LogP contribution in [0, 0.1) is 11.2 Å². The number of methoxy groups -OCH3 is 1. The van der Waals surface area contributed by atoms with E-state index in [2.05, 4.69) is 0 Å². The van der Waals surface area contributed by atoms with Gasteiger partial charge in [0.15, 0.2) is 0 Å². The van der Waals surface area contributed by atoms with E-state index in [1.807, 2.05) is 20.8 Å². The molecule has 0 aromatic heterocycles. The van der Waals surface area contributed by atoms with Crippen LogP contribution in [-0.2, 0) is 0 Å². The zero-order chi connectivity index (χ0) is 13.2. The minimum Gasteiger partial charge on any atom is -0.496 e.